The number of aryl methyl sites for hydroxylation is 1. The molecule has 0 bridgehead atoms. The molecule has 0 spiro atoms. The summed E-state index contributed by atoms with van der Waals surface area (Å²) in [4.78, 5) is 30.4. The van der Waals surface area contributed by atoms with Gasteiger partial charge in [0.15, 0.2) is 0 Å². The molecule has 5 aromatic rings. The number of nitrogens with zero attached hydrogens (tertiary/aromatic N) is 2. The summed E-state index contributed by atoms with van der Waals surface area (Å²) >= 11 is 3.40. The zero-order valence-corrected chi connectivity index (χ0v) is 27.0. The van der Waals surface area contributed by atoms with Crippen LogP contribution in [-0.4, -0.2) is 27.0 Å². The first kappa shape index (κ1) is 30.2. The van der Waals surface area contributed by atoms with Crippen molar-refractivity contribution >= 4 is 38.7 Å². The van der Waals surface area contributed by atoms with E-state index >= 15 is 0 Å². The second kappa shape index (κ2) is 12.2. The standard InChI is InChI=1S/C36H36BrN3O3/c1-22-24(3)40(33-18-15-27(19-31(22)33)34(41)39-23(2)32-17-16-28(37)20-38-32)21-25-11-13-26(14-12-25)29-9-7-8-10-30(29)35(42)43-36(4,5)6/h7-20,23H,21H2,1-6H3,(H,39,41). The van der Waals surface area contributed by atoms with E-state index in [1.165, 1.54) is 0 Å². The van der Waals surface area contributed by atoms with Crippen molar-refractivity contribution in [2.45, 2.75) is 59.7 Å². The molecule has 1 amide bonds. The average Bonchev–Trinajstić information content (AvgIpc) is 3.21. The average molecular weight is 639 g/mol. The van der Waals surface area contributed by atoms with Gasteiger partial charge in [-0.15, -0.1) is 0 Å². The Morgan fingerprint density at radius 1 is 0.977 bits per heavy atom. The van der Waals surface area contributed by atoms with Crippen molar-refractivity contribution in [3.05, 3.63) is 123 Å². The second-order valence-electron chi connectivity index (χ2n) is 11.9. The van der Waals surface area contributed by atoms with Gasteiger partial charge in [-0.3, -0.25) is 9.78 Å². The third-order valence-electron chi connectivity index (χ3n) is 7.59. The van der Waals surface area contributed by atoms with Crippen LogP contribution < -0.4 is 5.32 Å². The number of fused-ring (bicyclic) bond motifs is 1. The quantitative estimate of drug-likeness (QED) is 0.181. The fourth-order valence-corrected chi connectivity index (χ4v) is 5.44. The zero-order valence-electron chi connectivity index (χ0n) is 25.4. The number of nitrogens with one attached hydrogen (secondary N) is 1. The molecule has 220 valence electrons. The van der Waals surface area contributed by atoms with Crippen molar-refractivity contribution < 1.29 is 14.3 Å². The first-order valence-corrected chi connectivity index (χ1v) is 15.1. The number of carbonyl (C=O) groups excluding carboxylic acids is 2. The number of halogens is 1. The minimum absolute atomic E-state index is 0.133. The molecule has 0 fully saturated rings. The highest BCUT2D eigenvalue weighted by atomic mass is 79.9. The van der Waals surface area contributed by atoms with Crippen molar-refractivity contribution in [3.63, 3.8) is 0 Å². The van der Waals surface area contributed by atoms with E-state index in [1.807, 2.05) is 82.3 Å². The molecule has 0 aliphatic carbocycles. The van der Waals surface area contributed by atoms with Crippen LogP contribution in [-0.2, 0) is 11.3 Å². The third-order valence-corrected chi connectivity index (χ3v) is 8.06. The van der Waals surface area contributed by atoms with Crippen LogP contribution in [0.3, 0.4) is 0 Å². The first-order chi connectivity index (χ1) is 20.4. The summed E-state index contributed by atoms with van der Waals surface area (Å²) in [6, 6.07) is 25.3. The number of pyridine rings is 1. The molecule has 3 aromatic carbocycles. The minimum atomic E-state index is -0.565. The second-order valence-corrected chi connectivity index (χ2v) is 12.8. The van der Waals surface area contributed by atoms with Crippen LogP contribution in [0.2, 0.25) is 0 Å². The van der Waals surface area contributed by atoms with Crippen LogP contribution >= 0.6 is 15.9 Å². The molecule has 1 unspecified atom stereocenters. The van der Waals surface area contributed by atoms with Crippen molar-refractivity contribution in [2.24, 2.45) is 0 Å². The molecule has 1 N–H and O–H groups in total. The lowest BCUT2D eigenvalue weighted by atomic mass is 9.98. The van der Waals surface area contributed by atoms with Gasteiger partial charge in [0.25, 0.3) is 5.91 Å². The van der Waals surface area contributed by atoms with Gasteiger partial charge in [-0.05, 0) is 116 Å². The number of carbonyl (C=O) groups is 2. The maximum Gasteiger partial charge on any atom is 0.339 e. The maximum absolute atomic E-state index is 13.1. The molecule has 0 aliphatic rings. The monoisotopic (exact) mass is 637 g/mol. The zero-order chi connectivity index (χ0) is 30.9. The summed E-state index contributed by atoms with van der Waals surface area (Å²) in [7, 11) is 0. The van der Waals surface area contributed by atoms with Crippen molar-refractivity contribution in [2.75, 3.05) is 0 Å². The van der Waals surface area contributed by atoms with E-state index in [0.29, 0.717) is 17.7 Å². The van der Waals surface area contributed by atoms with Crippen LogP contribution in [0, 0.1) is 13.8 Å². The maximum atomic E-state index is 13.1. The number of aromatic nitrogens is 2. The molecule has 0 saturated heterocycles. The summed E-state index contributed by atoms with van der Waals surface area (Å²) in [6.07, 6.45) is 1.73. The van der Waals surface area contributed by atoms with Crippen LogP contribution in [0.4, 0.5) is 0 Å². The summed E-state index contributed by atoms with van der Waals surface area (Å²) in [5, 5.41) is 4.12. The Kier molecular flexibility index (Phi) is 8.56. The Morgan fingerprint density at radius 3 is 2.37 bits per heavy atom. The Hall–Kier alpha value is -4.23. The number of hydrogen-bond acceptors (Lipinski definition) is 4. The number of ether oxygens (including phenoxy) is 1. The van der Waals surface area contributed by atoms with E-state index in [1.54, 1.807) is 6.20 Å². The van der Waals surface area contributed by atoms with Crippen LogP contribution in [0.15, 0.2) is 89.5 Å². The smallest absolute Gasteiger partial charge is 0.339 e. The summed E-state index contributed by atoms with van der Waals surface area (Å²) in [5.74, 6) is -0.462. The predicted molar refractivity (Wildman–Crippen MR) is 175 cm³/mol. The van der Waals surface area contributed by atoms with Gasteiger partial charge >= 0.3 is 5.97 Å². The Labute approximate surface area is 261 Å². The molecular weight excluding hydrogens is 602 g/mol. The number of esters is 1. The predicted octanol–water partition coefficient (Wildman–Crippen LogP) is 8.58. The fourth-order valence-electron chi connectivity index (χ4n) is 5.21. The van der Waals surface area contributed by atoms with E-state index in [4.69, 9.17) is 4.74 Å². The minimum Gasteiger partial charge on any atom is -0.456 e. The third kappa shape index (κ3) is 6.73. The van der Waals surface area contributed by atoms with Gasteiger partial charge in [0.05, 0.1) is 17.3 Å². The molecule has 6 nitrogen and oxygen atoms in total. The SMILES string of the molecule is Cc1c(C)n(Cc2ccc(-c3ccccc3C(=O)OC(C)(C)C)cc2)c2ccc(C(=O)NC(C)c3ccc(Br)cn3)cc12. The molecule has 43 heavy (non-hydrogen) atoms. The molecular formula is C36H36BrN3O3. The van der Waals surface area contributed by atoms with Gasteiger partial charge in [-0.1, -0.05) is 42.5 Å². The topological polar surface area (TPSA) is 73.2 Å². The van der Waals surface area contributed by atoms with E-state index in [9.17, 15) is 9.59 Å². The number of rotatable bonds is 7. The molecule has 2 heterocycles. The van der Waals surface area contributed by atoms with Gasteiger partial charge in [-0.25, -0.2) is 4.79 Å². The van der Waals surface area contributed by atoms with Gasteiger partial charge in [0, 0.05) is 39.4 Å². The lowest BCUT2D eigenvalue weighted by Gasteiger charge is -2.20. The van der Waals surface area contributed by atoms with Gasteiger partial charge in [-0.2, -0.15) is 0 Å². The van der Waals surface area contributed by atoms with Crippen molar-refractivity contribution in [3.8, 4) is 11.1 Å². The summed E-state index contributed by atoms with van der Waals surface area (Å²) in [6.45, 7) is 12.4. The number of benzene rings is 3. The summed E-state index contributed by atoms with van der Waals surface area (Å²) < 4.78 is 8.82. The molecule has 7 heteroatoms. The lowest BCUT2D eigenvalue weighted by molar-refractivity contribution is 0.00703. The van der Waals surface area contributed by atoms with Crippen molar-refractivity contribution in [1.82, 2.24) is 14.9 Å². The van der Waals surface area contributed by atoms with Crippen molar-refractivity contribution in [1.29, 1.82) is 0 Å². The van der Waals surface area contributed by atoms with E-state index < -0.39 is 5.60 Å². The van der Waals surface area contributed by atoms with Crippen LogP contribution in [0.25, 0.3) is 22.0 Å². The fraction of sp³-hybridized carbons (Fsp3) is 0.250. The molecule has 0 saturated carbocycles. The van der Waals surface area contributed by atoms with E-state index in [2.05, 4.69) is 68.9 Å². The summed E-state index contributed by atoms with van der Waals surface area (Å²) in [5.41, 5.74) is 7.72. The number of amides is 1. The normalized spacial score (nSPS) is 12.3. The van der Waals surface area contributed by atoms with Crippen LogP contribution in [0.1, 0.15) is 77.0 Å². The molecule has 0 radical (unpaired) electrons. The highest BCUT2D eigenvalue weighted by Crippen LogP contribution is 2.30. The molecule has 2 aromatic heterocycles. The van der Waals surface area contributed by atoms with Gasteiger partial charge < -0.3 is 14.6 Å². The first-order valence-electron chi connectivity index (χ1n) is 14.3. The Balaban J connectivity index is 1.36. The van der Waals surface area contributed by atoms with Gasteiger partial charge in [0.2, 0.25) is 0 Å². The lowest BCUT2D eigenvalue weighted by Crippen LogP contribution is -2.27. The Morgan fingerprint density at radius 2 is 1.70 bits per heavy atom. The van der Waals surface area contributed by atoms with E-state index in [0.717, 1.165) is 49.0 Å². The van der Waals surface area contributed by atoms with Gasteiger partial charge in [0.1, 0.15) is 5.60 Å². The largest absolute Gasteiger partial charge is 0.456 e. The highest BCUT2D eigenvalue weighted by molar-refractivity contribution is 9.10. The molecule has 5 rings (SSSR count). The van der Waals surface area contributed by atoms with Crippen LogP contribution in [0.5, 0.6) is 0 Å². The number of hydrogen-bond donors (Lipinski definition) is 1. The Bertz CT molecular complexity index is 1800. The highest BCUT2D eigenvalue weighted by Gasteiger charge is 2.21. The van der Waals surface area contributed by atoms with E-state index in [-0.39, 0.29) is 17.9 Å². The molecule has 0 aliphatic heterocycles. The molecule has 1 atom stereocenters.